The SMILES string of the molecule is CC(C)Cc1cc(F)c(-c2nn[nH]n2)c(N2CCN(Cc3cc(Cl)ccn3)CC2)c1. The average molecular weight is 430 g/mol. The lowest BCUT2D eigenvalue weighted by Gasteiger charge is -2.37. The van der Waals surface area contributed by atoms with Crippen molar-refractivity contribution in [3.8, 4) is 11.4 Å². The van der Waals surface area contributed by atoms with Crippen molar-refractivity contribution in [1.82, 2.24) is 30.5 Å². The molecule has 3 aromatic rings. The summed E-state index contributed by atoms with van der Waals surface area (Å²) in [7, 11) is 0. The van der Waals surface area contributed by atoms with Crippen LogP contribution in [0.15, 0.2) is 30.5 Å². The van der Waals surface area contributed by atoms with E-state index in [4.69, 9.17) is 11.6 Å². The van der Waals surface area contributed by atoms with E-state index in [1.807, 2.05) is 6.07 Å². The van der Waals surface area contributed by atoms with Crippen molar-refractivity contribution in [2.75, 3.05) is 31.1 Å². The van der Waals surface area contributed by atoms with Crippen LogP contribution in [0.5, 0.6) is 0 Å². The minimum atomic E-state index is -0.310. The highest BCUT2D eigenvalue weighted by molar-refractivity contribution is 6.30. The summed E-state index contributed by atoms with van der Waals surface area (Å²) < 4.78 is 15.1. The summed E-state index contributed by atoms with van der Waals surface area (Å²) in [5.41, 5.74) is 3.16. The molecule has 1 N–H and O–H groups in total. The number of hydrogen-bond acceptors (Lipinski definition) is 6. The van der Waals surface area contributed by atoms with Crippen molar-refractivity contribution < 1.29 is 4.39 Å². The summed E-state index contributed by atoms with van der Waals surface area (Å²) in [6.45, 7) is 8.24. The molecule has 1 fully saturated rings. The summed E-state index contributed by atoms with van der Waals surface area (Å²) in [5, 5.41) is 14.8. The Hall–Kier alpha value is -2.58. The molecular formula is C21H25ClFN7. The number of aromatic amines is 1. The summed E-state index contributed by atoms with van der Waals surface area (Å²) in [4.78, 5) is 8.93. The minimum absolute atomic E-state index is 0.282. The molecule has 7 nitrogen and oxygen atoms in total. The quantitative estimate of drug-likeness (QED) is 0.645. The van der Waals surface area contributed by atoms with Crippen LogP contribution in [0.4, 0.5) is 10.1 Å². The van der Waals surface area contributed by atoms with Crippen LogP contribution in [-0.2, 0) is 13.0 Å². The van der Waals surface area contributed by atoms with Gasteiger partial charge in [-0.3, -0.25) is 9.88 Å². The maximum atomic E-state index is 15.1. The van der Waals surface area contributed by atoms with E-state index >= 15 is 4.39 Å². The smallest absolute Gasteiger partial charge is 0.209 e. The summed E-state index contributed by atoms with van der Waals surface area (Å²) in [6.07, 6.45) is 2.55. The molecule has 0 amide bonds. The third-order valence-electron chi connectivity index (χ3n) is 5.22. The molecule has 0 radical (unpaired) electrons. The summed E-state index contributed by atoms with van der Waals surface area (Å²) in [6, 6.07) is 7.34. The van der Waals surface area contributed by atoms with Crippen molar-refractivity contribution in [3.05, 3.63) is 52.6 Å². The number of hydrogen-bond donors (Lipinski definition) is 1. The third-order valence-corrected chi connectivity index (χ3v) is 5.45. The fraction of sp³-hybridized carbons (Fsp3) is 0.429. The monoisotopic (exact) mass is 429 g/mol. The van der Waals surface area contributed by atoms with Gasteiger partial charge >= 0.3 is 0 Å². The van der Waals surface area contributed by atoms with Gasteiger partial charge in [0.05, 0.1) is 16.9 Å². The van der Waals surface area contributed by atoms with Crippen LogP contribution < -0.4 is 4.90 Å². The zero-order valence-electron chi connectivity index (χ0n) is 17.1. The number of anilines is 1. The number of halogens is 2. The maximum Gasteiger partial charge on any atom is 0.209 e. The van der Waals surface area contributed by atoms with E-state index in [9.17, 15) is 0 Å². The Morgan fingerprint density at radius 3 is 2.63 bits per heavy atom. The van der Waals surface area contributed by atoms with Gasteiger partial charge in [0.1, 0.15) is 5.82 Å². The van der Waals surface area contributed by atoms with Crippen molar-refractivity contribution >= 4 is 17.3 Å². The molecule has 0 atom stereocenters. The number of nitrogens with zero attached hydrogens (tertiary/aromatic N) is 6. The third kappa shape index (κ3) is 4.76. The molecule has 1 aliphatic heterocycles. The Balaban J connectivity index is 1.55. The molecule has 3 heterocycles. The highest BCUT2D eigenvalue weighted by Crippen LogP contribution is 2.34. The van der Waals surface area contributed by atoms with Gasteiger partial charge in [0.15, 0.2) is 0 Å². The number of pyridine rings is 1. The van der Waals surface area contributed by atoms with Crippen LogP contribution >= 0.6 is 11.6 Å². The number of rotatable bonds is 6. The molecule has 0 saturated carbocycles. The fourth-order valence-electron chi connectivity index (χ4n) is 3.89. The topological polar surface area (TPSA) is 73.8 Å². The van der Waals surface area contributed by atoms with E-state index in [2.05, 4.69) is 55.3 Å². The Kier molecular flexibility index (Phi) is 6.24. The van der Waals surface area contributed by atoms with Crippen LogP contribution in [0.1, 0.15) is 25.1 Å². The number of tetrazole rings is 1. The van der Waals surface area contributed by atoms with Gasteiger partial charge in [-0.1, -0.05) is 25.4 Å². The van der Waals surface area contributed by atoms with Gasteiger partial charge in [-0.15, -0.1) is 10.2 Å². The first kappa shape index (κ1) is 20.7. The summed E-state index contributed by atoms with van der Waals surface area (Å²) in [5.74, 6) is 0.412. The van der Waals surface area contributed by atoms with Crippen LogP contribution in [-0.4, -0.2) is 56.7 Å². The van der Waals surface area contributed by atoms with E-state index in [-0.39, 0.29) is 11.6 Å². The van der Waals surface area contributed by atoms with Gasteiger partial charge in [0.25, 0.3) is 0 Å². The molecule has 2 aromatic heterocycles. The maximum absolute atomic E-state index is 15.1. The molecule has 158 valence electrons. The number of benzene rings is 1. The van der Waals surface area contributed by atoms with Crippen LogP contribution in [0.25, 0.3) is 11.4 Å². The molecule has 1 aromatic carbocycles. The average Bonchev–Trinajstić information content (AvgIpc) is 3.22. The van der Waals surface area contributed by atoms with Gasteiger partial charge in [0.2, 0.25) is 5.82 Å². The van der Waals surface area contributed by atoms with E-state index in [0.29, 0.717) is 16.5 Å². The molecule has 1 aliphatic rings. The predicted octanol–water partition coefficient (Wildman–Crippen LogP) is 3.57. The minimum Gasteiger partial charge on any atom is -0.368 e. The van der Waals surface area contributed by atoms with Gasteiger partial charge < -0.3 is 4.90 Å². The molecule has 9 heteroatoms. The largest absolute Gasteiger partial charge is 0.368 e. The second-order valence-electron chi connectivity index (χ2n) is 8.03. The Bertz CT molecular complexity index is 985. The van der Waals surface area contributed by atoms with Crippen LogP contribution in [0.3, 0.4) is 0 Å². The number of H-pyrrole nitrogens is 1. The highest BCUT2D eigenvalue weighted by Gasteiger charge is 2.25. The first-order chi connectivity index (χ1) is 14.5. The second-order valence-corrected chi connectivity index (χ2v) is 8.47. The molecule has 1 saturated heterocycles. The van der Waals surface area contributed by atoms with Crippen molar-refractivity contribution in [3.63, 3.8) is 0 Å². The lowest BCUT2D eigenvalue weighted by atomic mass is 9.98. The molecular weight excluding hydrogens is 405 g/mol. The second kappa shape index (κ2) is 9.06. The van der Waals surface area contributed by atoms with Gasteiger partial charge in [-0.2, -0.15) is 5.21 Å². The zero-order chi connectivity index (χ0) is 21.1. The fourth-order valence-corrected chi connectivity index (χ4v) is 4.07. The molecule has 4 rings (SSSR count). The van der Waals surface area contributed by atoms with Crippen molar-refractivity contribution in [2.45, 2.75) is 26.8 Å². The van der Waals surface area contributed by atoms with Crippen LogP contribution in [0, 0.1) is 11.7 Å². The number of piperazine rings is 1. The Labute approximate surface area is 180 Å². The van der Waals surface area contributed by atoms with E-state index < -0.39 is 0 Å². The lowest BCUT2D eigenvalue weighted by Crippen LogP contribution is -2.46. The summed E-state index contributed by atoms with van der Waals surface area (Å²) >= 11 is 6.08. The van der Waals surface area contributed by atoms with E-state index in [1.165, 1.54) is 0 Å². The standard InChI is InChI=1S/C21H25ClFN7/c1-14(2)9-15-10-18(23)20(21-25-27-28-26-21)19(11-15)30-7-5-29(6-8-30)13-17-12-16(22)3-4-24-17/h3-4,10-12,14H,5-9,13H2,1-2H3,(H,25,26,27,28). The number of nitrogens with one attached hydrogen (secondary N) is 1. The van der Waals surface area contributed by atoms with Gasteiger partial charge in [-0.05, 0) is 47.4 Å². The van der Waals surface area contributed by atoms with E-state index in [0.717, 1.165) is 56.1 Å². The molecule has 0 bridgehead atoms. The Morgan fingerprint density at radius 2 is 1.97 bits per heavy atom. The molecule has 0 aliphatic carbocycles. The normalized spacial score (nSPS) is 15.2. The lowest BCUT2D eigenvalue weighted by molar-refractivity contribution is 0.247. The van der Waals surface area contributed by atoms with Gasteiger partial charge in [-0.25, -0.2) is 4.39 Å². The molecule has 0 unspecified atom stereocenters. The zero-order valence-corrected chi connectivity index (χ0v) is 17.9. The van der Waals surface area contributed by atoms with Crippen LogP contribution in [0.2, 0.25) is 5.02 Å². The molecule has 30 heavy (non-hydrogen) atoms. The Morgan fingerprint density at radius 1 is 1.17 bits per heavy atom. The van der Waals surface area contributed by atoms with E-state index in [1.54, 1.807) is 18.3 Å². The van der Waals surface area contributed by atoms with Crippen molar-refractivity contribution in [2.24, 2.45) is 5.92 Å². The first-order valence-electron chi connectivity index (χ1n) is 10.1. The predicted molar refractivity (Wildman–Crippen MR) is 115 cm³/mol. The number of aromatic nitrogens is 5. The first-order valence-corrected chi connectivity index (χ1v) is 10.5. The molecule has 0 spiro atoms. The van der Waals surface area contributed by atoms with Crippen molar-refractivity contribution in [1.29, 1.82) is 0 Å². The van der Waals surface area contributed by atoms with Gasteiger partial charge in [0, 0.05) is 43.9 Å². The highest BCUT2D eigenvalue weighted by atomic mass is 35.5.